The minimum Gasteiger partial charge on any atom is -0.321 e. The number of nitriles is 1. The number of nitrogens with zero attached hydrogens (tertiary/aromatic N) is 7. The predicted octanol–water partition coefficient (Wildman–Crippen LogP) is 4.63. The van der Waals surface area contributed by atoms with Crippen molar-refractivity contribution in [2.24, 2.45) is 18.9 Å². The number of benzene rings is 1. The van der Waals surface area contributed by atoms with E-state index in [1.54, 1.807) is 19.3 Å². The Morgan fingerprint density at radius 1 is 1.22 bits per heavy atom. The lowest BCUT2D eigenvalue weighted by atomic mass is 9.57. The zero-order chi connectivity index (χ0) is 28.8. The third-order valence-electron chi connectivity index (χ3n) is 8.86. The Hall–Kier alpha value is -3.78. The standard InChI is InChI=1S/C30H34F2N8O/c1-19-16-40(9-8-30(19,31)32)17-24-11-25(37-27(35-24)21-6-7-21)28(41)36-23-5-3-4-22(10-23)29(12-20(13-29)15-33)14-26-38-34-18-39(26)2/h3-5,10-11,18-21H,6-9,12-14,16-17H2,1-2H3,(H,36,41). The number of carbonyl (C=O) groups is 1. The Labute approximate surface area is 238 Å². The molecule has 3 aliphatic rings. The molecule has 41 heavy (non-hydrogen) atoms. The van der Waals surface area contributed by atoms with Gasteiger partial charge >= 0.3 is 0 Å². The van der Waals surface area contributed by atoms with Gasteiger partial charge in [-0.1, -0.05) is 19.1 Å². The van der Waals surface area contributed by atoms with Gasteiger partial charge in [-0.25, -0.2) is 18.7 Å². The maximum absolute atomic E-state index is 14.0. The predicted molar refractivity (Wildman–Crippen MR) is 147 cm³/mol. The van der Waals surface area contributed by atoms with Crippen molar-refractivity contribution in [2.45, 2.75) is 69.2 Å². The van der Waals surface area contributed by atoms with Gasteiger partial charge < -0.3 is 9.88 Å². The molecule has 1 unspecified atom stereocenters. The van der Waals surface area contributed by atoms with E-state index in [1.165, 1.54) is 0 Å². The van der Waals surface area contributed by atoms with Crippen LogP contribution in [0.1, 0.15) is 78.3 Å². The van der Waals surface area contributed by atoms with Crippen LogP contribution in [-0.2, 0) is 25.4 Å². The highest BCUT2D eigenvalue weighted by molar-refractivity contribution is 6.03. The molecule has 2 aliphatic carbocycles. The number of piperidine rings is 1. The van der Waals surface area contributed by atoms with Crippen molar-refractivity contribution in [2.75, 3.05) is 18.4 Å². The van der Waals surface area contributed by atoms with Gasteiger partial charge in [0.15, 0.2) is 0 Å². The minimum atomic E-state index is -2.65. The number of amides is 1. The number of aromatic nitrogens is 5. The van der Waals surface area contributed by atoms with Crippen molar-refractivity contribution in [1.82, 2.24) is 29.6 Å². The summed E-state index contributed by atoms with van der Waals surface area (Å²) in [5.74, 6) is -2.00. The normalized spacial score (nSPS) is 25.7. The molecule has 2 aromatic heterocycles. The molecule has 0 bridgehead atoms. The quantitative estimate of drug-likeness (QED) is 0.428. The van der Waals surface area contributed by atoms with Crippen molar-refractivity contribution in [3.8, 4) is 6.07 Å². The molecular formula is C30H34F2N8O. The number of aryl methyl sites for hydroxylation is 1. The number of alkyl halides is 2. The van der Waals surface area contributed by atoms with Gasteiger partial charge in [0.2, 0.25) is 0 Å². The lowest BCUT2D eigenvalue weighted by Gasteiger charge is -2.45. The first-order valence-electron chi connectivity index (χ1n) is 14.3. The highest BCUT2D eigenvalue weighted by Gasteiger charge is 2.47. The summed E-state index contributed by atoms with van der Waals surface area (Å²) >= 11 is 0. The van der Waals surface area contributed by atoms with Crippen LogP contribution in [0.4, 0.5) is 14.5 Å². The van der Waals surface area contributed by atoms with Crippen LogP contribution in [0.2, 0.25) is 0 Å². The van der Waals surface area contributed by atoms with Crippen LogP contribution in [0.3, 0.4) is 0 Å². The Bertz CT molecular complexity index is 1490. The van der Waals surface area contributed by atoms with E-state index in [2.05, 4.69) is 26.6 Å². The molecule has 1 amide bonds. The second-order valence-corrected chi connectivity index (χ2v) is 12.1. The van der Waals surface area contributed by atoms with Gasteiger partial charge in [0.25, 0.3) is 11.8 Å². The summed E-state index contributed by atoms with van der Waals surface area (Å²) in [6.07, 6.45) is 5.55. The number of likely N-dealkylation sites (tertiary alicyclic amines) is 1. The summed E-state index contributed by atoms with van der Waals surface area (Å²) in [7, 11) is 1.91. The van der Waals surface area contributed by atoms with Crippen molar-refractivity contribution in [3.63, 3.8) is 0 Å². The largest absolute Gasteiger partial charge is 0.321 e. The summed E-state index contributed by atoms with van der Waals surface area (Å²) in [5, 5.41) is 20.8. The van der Waals surface area contributed by atoms with Crippen LogP contribution < -0.4 is 5.32 Å². The topological polar surface area (TPSA) is 113 Å². The van der Waals surface area contributed by atoms with Crippen LogP contribution in [0.5, 0.6) is 0 Å². The van der Waals surface area contributed by atoms with E-state index >= 15 is 0 Å². The summed E-state index contributed by atoms with van der Waals surface area (Å²) in [6, 6.07) is 11.8. The third kappa shape index (κ3) is 5.71. The van der Waals surface area contributed by atoms with Crippen LogP contribution >= 0.6 is 0 Å². The first kappa shape index (κ1) is 27.4. The number of rotatable bonds is 8. The highest BCUT2D eigenvalue weighted by atomic mass is 19.3. The van der Waals surface area contributed by atoms with Crippen molar-refractivity contribution >= 4 is 11.6 Å². The zero-order valence-corrected chi connectivity index (χ0v) is 23.4. The van der Waals surface area contributed by atoms with E-state index < -0.39 is 11.8 Å². The first-order chi connectivity index (χ1) is 19.6. The van der Waals surface area contributed by atoms with Crippen LogP contribution in [-0.4, -0.2) is 54.6 Å². The van der Waals surface area contributed by atoms with Gasteiger partial charge in [0.1, 0.15) is 23.7 Å². The fourth-order valence-electron chi connectivity index (χ4n) is 6.13. The van der Waals surface area contributed by atoms with Gasteiger partial charge in [-0.15, -0.1) is 10.2 Å². The Morgan fingerprint density at radius 2 is 2.02 bits per heavy atom. The van der Waals surface area contributed by atoms with Crippen LogP contribution in [0, 0.1) is 23.2 Å². The lowest BCUT2D eigenvalue weighted by molar-refractivity contribution is -0.100. The molecule has 6 rings (SSSR count). The number of nitrogens with one attached hydrogen (secondary N) is 1. The van der Waals surface area contributed by atoms with E-state index in [1.807, 2.05) is 40.8 Å². The third-order valence-corrected chi connectivity index (χ3v) is 8.86. The number of anilines is 1. The average molecular weight is 561 g/mol. The lowest BCUT2D eigenvalue weighted by Crippen LogP contribution is -2.45. The van der Waals surface area contributed by atoms with E-state index in [-0.39, 0.29) is 48.4 Å². The molecule has 11 heteroatoms. The summed E-state index contributed by atoms with van der Waals surface area (Å²) < 4.78 is 29.9. The van der Waals surface area contributed by atoms with E-state index in [4.69, 9.17) is 4.98 Å². The van der Waals surface area contributed by atoms with Crippen LogP contribution in [0.25, 0.3) is 0 Å². The molecular weight excluding hydrogens is 526 g/mol. The Balaban J connectivity index is 1.21. The van der Waals surface area contributed by atoms with Crippen molar-refractivity contribution in [1.29, 1.82) is 5.26 Å². The van der Waals surface area contributed by atoms with E-state index in [0.29, 0.717) is 30.2 Å². The summed E-state index contributed by atoms with van der Waals surface area (Å²) in [5.41, 5.74) is 2.39. The summed E-state index contributed by atoms with van der Waals surface area (Å²) in [6.45, 7) is 2.56. The number of hydrogen-bond acceptors (Lipinski definition) is 7. The van der Waals surface area contributed by atoms with Gasteiger partial charge in [-0.05, 0) is 49.4 Å². The molecule has 214 valence electrons. The van der Waals surface area contributed by atoms with E-state index in [9.17, 15) is 18.8 Å². The molecule has 1 aliphatic heterocycles. The van der Waals surface area contributed by atoms with Crippen molar-refractivity contribution in [3.05, 3.63) is 65.3 Å². The van der Waals surface area contributed by atoms with Gasteiger partial charge in [-0.3, -0.25) is 9.69 Å². The fraction of sp³-hybridized carbons (Fsp3) is 0.533. The first-order valence-corrected chi connectivity index (χ1v) is 14.3. The molecule has 3 fully saturated rings. The summed E-state index contributed by atoms with van der Waals surface area (Å²) in [4.78, 5) is 24.7. The minimum absolute atomic E-state index is 0.0177. The maximum Gasteiger partial charge on any atom is 0.274 e. The molecule has 3 aromatic rings. The van der Waals surface area contributed by atoms with Gasteiger partial charge in [0.05, 0.1) is 11.8 Å². The second-order valence-electron chi connectivity index (χ2n) is 12.1. The molecule has 1 aromatic carbocycles. The Kier molecular flexibility index (Phi) is 7.06. The molecule has 9 nitrogen and oxygen atoms in total. The average Bonchev–Trinajstić information content (AvgIpc) is 3.70. The maximum atomic E-state index is 14.0. The molecule has 2 saturated carbocycles. The fourth-order valence-corrected chi connectivity index (χ4v) is 6.13. The molecule has 3 heterocycles. The number of carbonyl (C=O) groups excluding carboxylic acids is 1. The van der Waals surface area contributed by atoms with Crippen molar-refractivity contribution < 1.29 is 13.6 Å². The van der Waals surface area contributed by atoms with Gasteiger partial charge in [-0.2, -0.15) is 5.26 Å². The number of halogens is 2. The number of hydrogen-bond donors (Lipinski definition) is 1. The molecule has 0 spiro atoms. The van der Waals surface area contributed by atoms with E-state index in [0.717, 1.165) is 37.1 Å². The molecule has 1 N–H and O–H groups in total. The zero-order valence-electron chi connectivity index (χ0n) is 23.4. The molecule has 1 saturated heterocycles. The highest BCUT2D eigenvalue weighted by Crippen LogP contribution is 2.50. The molecule has 1 atom stereocenters. The van der Waals surface area contributed by atoms with Crippen LogP contribution in [0.15, 0.2) is 36.7 Å². The monoisotopic (exact) mass is 560 g/mol. The second kappa shape index (κ2) is 10.6. The smallest absolute Gasteiger partial charge is 0.274 e. The Morgan fingerprint density at radius 3 is 2.71 bits per heavy atom. The SMILES string of the molecule is CC1CN(Cc2cc(C(=O)Nc3cccc(C4(Cc5nncn5C)CC(C#N)C4)c3)nc(C3CC3)n2)CCC1(F)F. The van der Waals surface area contributed by atoms with Gasteiger partial charge in [0, 0.05) is 68.4 Å². The molecule has 0 radical (unpaired) electrons.